The molecule has 0 aromatic heterocycles. The summed E-state index contributed by atoms with van der Waals surface area (Å²) < 4.78 is 33.6. The number of nitrogens with zero attached hydrogens (tertiary/aromatic N) is 1. The van der Waals surface area contributed by atoms with Gasteiger partial charge in [0.25, 0.3) is 0 Å². The van der Waals surface area contributed by atoms with Gasteiger partial charge in [-0.3, -0.25) is 9.59 Å². The molecular weight excluding hydrogens is 490 g/mol. The number of carbonyl (C=O) groups excluding carboxylic acids is 3. The van der Waals surface area contributed by atoms with Crippen molar-refractivity contribution in [1.29, 1.82) is 0 Å². The highest BCUT2D eigenvalue weighted by Crippen LogP contribution is 2.61. The maximum Gasteiger partial charge on any atom is 0.328 e. The van der Waals surface area contributed by atoms with Gasteiger partial charge in [0.1, 0.15) is 6.04 Å². The maximum absolute atomic E-state index is 14.2. The summed E-state index contributed by atoms with van der Waals surface area (Å²) >= 11 is 0. The van der Waals surface area contributed by atoms with Gasteiger partial charge in [0.15, 0.2) is 11.6 Å². The van der Waals surface area contributed by atoms with Gasteiger partial charge in [-0.15, -0.1) is 0 Å². The second-order valence-electron chi connectivity index (χ2n) is 12.8. The van der Waals surface area contributed by atoms with Crippen LogP contribution in [0, 0.1) is 40.7 Å². The number of esters is 1. The predicted octanol–water partition coefficient (Wildman–Crippen LogP) is 5.14. The molecule has 4 saturated carbocycles. The lowest BCUT2D eigenvalue weighted by Crippen LogP contribution is -2.48. The maximum atomic E-state index is 14.2. The molecule has 4 bridgehead atoms. The largest absolute Gasteiger partial charge is 0.464 e. The Bertz CT molecular complexity index is 1040. The zero-order valence-corrected chi connectivity index (χ0v) is 22.5. The summed E-state index contributed by atoms with van der Waals surface area (Å²) in [6, 6.07) is 2.66. The number of rotatable bonds is 10. The highest BCUT2D eigenvalue weighted by Gasteiger charge is 2.50. The van der Waals surface area contributed by atoms with E-state index in [2.05, 4.69) is 5.32 Å². The molecule has 1 aromatic carbocycles. The summed E-state index contributed by atoms with van der Waals surface area (Å²) in [4.78, 5) is 39.8. The number of amides is 2. The Morgan fingerprint density at radius 1 is 1.11 bits per heavy atom. The lowest BCUT2D eigenvalue weighted by molar-refractivity contribution is -0.151. The monoisotopic (exact) mass is 530 g/mol. The van der Waals surface area contributed by atoms with Crippen molar-refractivity contribution in [2.24, 2.45) is 29.1 Å². The number of likely N-dealkylation sites (tertiary alicyclic amines) is 1. The first kappa shape index (κ1) is 27.1. The molecule has 5 aliphatic rings. The van der Waals surface area contributed by atoms with Gasteiger partial charge in [0.05, 0.1) is 6.61 Å². The molecule has 2 atom stereocenters. The van der Waals surface area contributed by atoms with Crippen LogP contribution in [0.2, 0.25) is 0 Å². The van der Waals surface area contributed by atoms with E-state index in [1.54, 1.807) is 0 Å². The molecule has 6 nitrogen and oxygen atoms in total. The molecule has 1 aromatic rings. The second kappa shape index (κ2) is 10.9. The Balaban J connectivity index is 1.13. The number of carbonyl (C=O) groups is 3. The summed E-state index contributed by atoms with van der Waals surface area (Å²) in [5, 5.41) is 2.82. The molecule has 1 saturated heterocycles. The highest BCUT2D eigenvalue weighted by atomic mass is 19.2. The van der Waals surface area contributed by atoms with Gasteiger partial charge >= 0.3 is 5.97 Å². The van der Waals surface area contributed by atoms with Gasteiger partial charge in [0, 0.05) is 31.0 Å². The van der Waals surface area contributed by atoms with E-state index in [4.69, 9.17) is 4.74 Å². The third kappa shape index (κ3) is 5.74. The predicted molar refractivity (Wildman–Crippen MR) is 137 cm³/mol. The standard InChI is InChI=1S/C30H40F2N2O4/c1-18(2)28(29(37)38-9-8-30-14-19-10-20(15-30)12-21(11-19)16-30)33-25(35)13-23-6-7-26(36)34(23)17-22-4-3-5-24(31)27(22)32/h3-5,18-21,23,28H,6-17H2,1-2H3,(H,33,35)/t19?,20?,21?,23-,28-,30?/m0/s1. The molecule has 1 heterocycles. The van der Waals surface area contributed by atoms with Crippen LogP contribution in [-0.2, 0) is 25.7 Å². The van der Waals surface area contributed by atoms with Crippen molar-refractivity contribution >= 4 is 17.8 Å². The van der Waals surface area contributed by atoms with Gasteiger partial charge in [-0.25, -0.2) is 13.6 Å². The van der Waals surface area contributed by atoms with E-state index in [-0.39, 0.29) is 42.7 Å². The zero-order valence-electron chi connectivity index (χ0n) is 22.5. The first-order valence-electron chi connectivity index (χ1n) is 14.3. The van der Waals surface area contributed by atoms with Crippen molar-refractivity contribution < 1.29 is 27.9 Å². The molecule has 8 heteroatoms. The van der Waals surface area contributed by atoms with Crippen molar-refractivity contribution in [3.63, 3.8) is 0 Å². The lowest BCUT2D eigenvalue weighted by atomic mass is 9.49. The molecule has 1 aliphatic heterocycles. The number of hydrogen-bond donors (Lipinski definition) is 1. The number of hydrogen-bond acceptors (Lipinski definition) is 4. The average molecular weight is 531 g/mol. The summed E-state index contributed by atoms with van der Waals surface area (Å²) in [7, 11) is 0. The second-order valence-corrected chi connectivity index (χ2v) is 12.8. The highest BCUT2D eigenvalue weighted by molar-refractivity contribution is 5.86. The van der Waals surface area contributed by atoms with Crippen molar-refractivity contribution in [3.05, 3.63) is 35.4 Å². The first-order chi connectivity index (χ1) is 18.1. The smallest absolute Gasteiger partial charge is 0.328 e. The Labute approximate surface area is 223 Å². The minimum absolute atomic E-state index is 0.00749. The van der Waals surface area contributed by atoms with Crippen LogP contribution in [0.3, 0.4) is 0 Å². The van der Waals surface area contributed by atoms with Crippen LogP contribution in [0.4, 0.5) is 8.78 Å². The third-order valence-corrected chi connectivity index (χ3v) is 9.52. The van der Waals surface area contributed by atoms with E-state index in [0.29, 0.717) is 18.4 Å². The third-order valence-electron chi connectivity index (χ3n) is 9.52. The fourth-order valence-electron chi connectivity index (χ4n) is 8.08. The van der Waals surface area contributed by atoms with Crippen molar-refractivity contribution in [1.82, 2.24) is 10.2 Å². The minimum Gasteiger partial charge on any atom is -0.464 e. The average Bonchev–Trinajstić information content (AvgIpc) is 3.17. The minimum atomic E-state index is -0.980. The van der Waals surface area contributed by atoms with Crippen molar-refractivity contribution in [3.8, 4) is 0 Å². The molecule has 4 aliphatic carbocycles. The molecule has 0 radical (unpaired) electrons. The van der Waals surface area contributed by atoms with E-state index in [0.717, 1.165) is 30.2 Å². The summed E-state index contributed by atoms with van der Waals surface area (Å²) in [6.07, 6.45) is 9.50. The normalized spacial score (nSPS) is 30.7. The summed E-state index contributed by atoms with van der Waals surface area (Å²) in [5.74, 6) is -0.538. The first-order valence-corrected chi connectivity index (χ1v) is 14.3. The van der Waals surface area contributed by atoms with Gasteiger partial charge in [-0.2, -0.15) is 0 Å². The number of ether oxygens (including phenoxy) is 1. The number of halogens is 2. The summed E-state index contributed by atoms with van der Waals surface area (Å²) in [6.45, 7) is 4.02. The molecule has 6 rings (SSSR count). The molecule has 208 valence electrons. The van der Waals surface area contributed by atoms with Crippen LogP contribution in [0.5, 0.6) is 0 Å². The van der Waals surface area contributed by atoms with Crippen LogP contribution < -0.4 is 5.32 Å². The number of benzene rings is 1. The van der Waals surface area contributed by atoms with Crippen LogP contribution in [-0.4, -0.2) is 41.4 Å². The molecule has 2 amide bonds. The SMILES string of the molecule is CC(C)[C@H](NC(=O)C[C@@H]1CCC(=O)N1Cc1cccc(F)c1F)C(=O)OCCC12CC3CC(CC(C3)C1)C2. The fraction of sp³-hybridized carbons (Fsp3) is 0.700. The van der Waals surface area contributed by atoms with Gasteiger partial charge in [0.2, 0.25) is 11.8 Å². The van der Waals surface area contributed by atoms with Gasteiger partial charge in [-0.05, 0) is 86.5 Å². The van der Waals surface area contributed by atoms with Crippen molar-refractivity contribution in [2.75, 3.05) is 6.61 Å². The van der Waals surface area contributed by atoms with E-state index in [1.165, 1.54) is 55.6 Å². The lowest BCUT2D eigenvalue weighted by Gasteiger charge is -2.57. The Morgan fingerprint density at radius 2 is 1.76 bits per heavy atom. The van der Waals surface area contributed by atoms with Crippen LogP contribution in [0.1, 0.15) is 83.6 Å². The molecule has 0 spiro atoms. The van der Waals surface area contributed by atoms with Gasteiger partial charge < -0.3 is 15.0 Å². The quantitative estimate of drug-likeness (QED) is 0.425. The van der Waals surface area contributed by atoms with Crippen molar-refractivity contribution in [2.45, 2.75) is 96.7 Å². The van der Waals surface area contributed by atoms with E-state index in [9.17, 15) is 23.2 Å². The van der Waals surface area contributed by atoms with E-state index in [1.807, 2.05) is 13.8 Å². The molecule has 0 unspecified atom stereocenters. The topological polar surface area (TPSA) is 75.7 Å². The van der Waals surface area contributed by atoms with E-state index >= 15 is 0 Å². The number of nitrogens with one attached hydrogen (secondary N) is 1. The Hall–Kier alpha value is -2.51. The zero-order chi connectivity index (χ0) is 27.0. The molecule has 1 N–H and O–H groups in total. The van der Waals surface area contributed by atoms with Crippen LogP contribution >= 0.6 is 0 Å². The van der Waals surface area contributed by atoms with E-state index < -0.39 is 29.7 Å². The Morgan fingerprint density at radius 3 is 2.39 bits per heavy atom. The van der Waals surface area contributed by atoms with Crippen LogP contribution in [0.15, 0.2) is 18.2 Å². The summed E-state index contributed by atoms with van der Waals surface area (Å²) in [5.41, 5.74) is 0.402. The van der Waals surface area contributed by atoms with Crippen LogP contribution in [0.25, 0.3) is 0 Å². The van der Waals surface area contributed by atoms with Gasteiger partial charge in [-0.1, -0.05) is 26.0 Å². The molecule has 5 fully saturated rings. The Kier molecular flexibility index (Phi) is 7.79. The fourth-order valence-corrected chi connectivity index (χ4v) is 8.08. The molecular formula is C30H40F2N2O4. The molecule has 38 heavy (non-hydrogen) atoms.